The summed E-state index contributed by atoms with van der Waals surface area (Å²) < 4.78 is 18.4. The third kappa shape index (κ3) is 10.7. The lowest BCUT2D eigenvalue weighted by atomic mass is 10.7. The van der Waals surface area contributed by atoms with Gasteiger partial charge in [-0.25, -0.2) is 0 Å². The van der Waals surface area contributed by atoms with E-state index in [0.717, 1.165) is 16.0 Å². The zero-order valence-electron chi connectivity index (χ0n) is 13.8. The first-order valence-electron chi connectivity index (χ1n) is 6.58. The number of hydrogen-bond donors (Lipinski definition) is 0. The molecule has 0 amide bonds. The minimum atomic E-state index is -1.62. The lowest BCUT2D eigenvalue weighted by molar-refractivity contribution is -0.0195. The van der Waals surface area contributed by atoms with Gasteiger partial charge in [-0.2, -0.15) is 0 Å². The SMILES string of the molecule is C[Si](C)(C)O[C]([SiH3])C(O[Si](C)(C)C)O[Si](C)(C)C. The molecule has 3 nitrogen and oxygen atoms in total. The van der Waals surface area contributed by atoms with Crippen LogP contribution in [0.1, 0.15) is 0 Å². The van der Waals surface area contributed by atoms with Crippen LogP contribution in [0.25, 0.3) is 0 Å². The molecule has 0 saturated carbocycles. The quantitative estimate of drug-likeness (QED) is 0.532. The highest BCUT2D eigenvalue weighted by atomic mass is 28.4. The first-order chi connectivity index (χ1) is 7.70. The summed E-state index contributed by atoms with van der Waals surface area (Å²) in [6.45, 7) is 19.7. The minimum Gasteiger partial charge on any atom is -0.408 e. The van der Waals surface area contributed by atoms with E-state index in [0.29, 0.717) is 0 Å². The van der Waals surface area contributed by atoms with Crippen molar-refractivity contribution >= 4 is 35.2 Å². The second kappa shape index (κ2) is 6.47. The summed E-state index contributed by atoms with van der Waals surface area (Å²) in [4.78, 5) is 0. The van der Waals surface area contributed by atoms with E-state index in [1.165, 1.54) is 0 Å². The van der Waals surface area contributed by atoms with Gasteiger partial charge in [-0.15, -0.1) is 0 Å². The summed E-state index contributed by atoms with van der Waals surface area (Å²) in [6.07, 6.45) is -0.235. The van der Waals surface area contributed by atoms with Gasteiger partial charge in [0.05, 0.1) is 10.2 Å². The van der Waals surface area contributed by atoms with Crippen molar-refractivity contribution in [2.24, 2.45) is 0 Å². The van der Waals surface area contributed by atoms with Gasteiger partial charge in [0.1, 0.15) is 5.73 Å². The van der Waals surface area contributed by atoms with Gasteiger partial charge in [0.15, 0.2) is 31.2 Å². The molecule has 0 saturated heterocycles. The molecular weight excluding hydrogens is 292 g/mol. The maximum absolute atomic E-state index is 6.17. The maximum atomic E-state index is 6.17. The van der Waals surface area contributed by atoms with Crippen LogP contribution in [-0.2, 0) is 13.3 Å². The van der Waals surface area contributed by atoms with Gasteiger partial charge < -0.3 is 13.3 Å². The zero-order valence-corrected chi connectivity index (χ0v) is 18.8. The van der Waals surface area contributed by atoms with Gasteiger partial charge in [0.25, 0.3) is 0 Å². The Bertz CT molecular complexity index is 236. The molecule has 0 aliphatic heterocycles. The Morgan fingerprint density at radius 3 is 1.28 bits per heavy atom. The van der Waals surface area contributed by atoms with Gasteiger partial charge in [-0.3, -0.25) is 0 Å². The smallest absolute Gasteiger partial charge is 0.187 e. The average Bonchev–Trinajstić information content (AvgIpc) is 1.93. The average molecular weight is 324 g/mol. The van der Waals surface area contributed by atoms with Gasteiger partial charge in [-0.05, 0) is 58.9 Å². The Labute approximate surface area is 119 Å². The van der Waals surface area contributed by atoms with Gasteiger partial charge in [0, 0.05) is 0 Å². The highest BCUT2D eigenvalue weighted by Gasteiger charge is 2.33. The van der Waals surface area contributed by atoms with E-state index in [1.54, 1.807) is 0 Å². The molecule has 0 fully saturated rings. The van der Waals surface area contributed by atoms with Crippen molar-refractivity contribution in [1.29, 1.82) is 0 Å². The van der Waals surface area contributed by atoms with Gasteiger partial charge in [-0.1, -0.05) is 0 Å². The van der Waals surface area contributed by atoms with Gasteiger partial charge >= 0.3 is 0 Å². The first-order valence-corrected chi connectivity index (χ1v) is 17.8. The van der Waals surface area contributed by atoms with Crippen molar-refractivity contribution in [3.05, 3.63) is 5.73 Å². The Morgan fingerprint density at radius 2 is 1.06 bits per heavy atom. The lowest BCUT2D eigenvalue weighted by Gasteiger charge is -2.36. The van der Waals surface area contributed by atoms with E-state index in [2.05, 4.69) is 58.9 Å². The Balaban J connectivity index is 4.75. The molecule has 0 aromatic carbocycles. The normalized spacial score (nSPS) is 14.8. The van der Waals surface area contributed by atoms with Crippen LogP contribution in [0.4, 0.5) is 0 Å². The van der Waals surface area contributed by atoms with Crippen molar-refractivity contribution in [2.75, 3.05) is 0 Å². The summed E-state index contributed by atoms with van der Waals surface area (Å²) >= 11 is 0. The molecule has 0 unspecified atom stereocenters. The molecule has 0 spiro atoms. The number of rotatable bonds is 7. The number of hydrogen-bond acceptors (Lipinski definition) is 3. The van der Waals surface area contributed by atoms with Crippen molar-refractivity contribution in [1.82, 2.24) is 0 Å². The predicted molar refractivity (Wildman–Crippen MR) is 90.3 cm³/mol. The van der Waals surface area contributed by atoms with Crippen LogP contribution in [0.3, 0.4) is 0 Å². The molecule has 0 aromatic heterocycles. The highest BCUT2D eigenvalue weighted by Crippen LogP contribution is 2.23. The fourth-order valence-electron chi connectivity index (χ4n) is 1.36. The van der Waals surface area contributed by atoms with E-state index in [4.69, 9.17) is 13.3 Å². The lowest BCUT2D eigenvalue weighted by Crippen LogP contribution is -2.46. The molecule has 0 atom stereocenters. The predicted octanol–water partition coefficient (Wildman–Crippen LogP) is 2.72. The molecule has 1 radical (unpaired) electrons. The molecule has 0 aliphatic rings. The van der Waals surface area contributed by atoms with E-state index in [1.807, 2.05) is 0 Å². The second-order valence-corrected chi connectivity index (χ2v) is 22.0. The van der Waals surface area contributed by atoms with E-state index < -0.39 is 25.0 Å². The van der Waals surface area contributed by atoms with E-state index in [-0.39, 0.29) is 6.29 Å². The van der Waals surface area contributed by atoms with Crippen LogP contribution in [0.5, 0.6) is 0 Å². The van der Waals surface area contributed by atoms with Crippen LogP contribution < -0.4 is 0 Å². The van der Waals surface area contributed by atoms with Crippen molar-refractivity contribution in [2.45, 2.75) is 65.2 Å². The van der Waals surface area contributed by atoms with Crippen molar-refractivity contribution in [3.63, 3.8) is 0 Å². The van der Waals surface area contributed by atoms with Crippen LogP contribution in [-0.4, -0.2) is 41.5 Å². The summed E-state index contributed by atoms with van der Waals surface area (Å²) in [7, 11) is -3.95. The molecule has 7 heteroatoms. The molecular formula is C11H31O3Si4. The van der Waals surface area contributed by atoms with Crippen LogP contribution >= 0.6 is 0 Å². The fourth-order valence-corrected chi connectivity index (χ4v) is 6.78. The molecule has 109 valence electrons. The Morgan fingerprint density at radius 1 is 0.722 bits per heavy atom. The van der Waals surface area contributed by atoms with Crippen LogP contribution in [0.15, 0.2) is 0 Å². The topological polar surface area (TPSA) is 27.7 Å². The van der Waals surface area contributed by atoms with E-state index in [9.17, 15) is 0 Å². The monoisotopic (exact) mass is 323 g/mol. The summed E-state index contributed by atoms with van der Waals surface area (Å²) in [6, 6.07) is 0. The molecule has 18 heavy (non-hydrogen) atoms. The molecule has 0 rings (SSSR count). The third-order valence-corrected chi connectivity index (χ3v) is 5.58. The maximum Gasteiger partial charge on any atom is 0.187 e. The first kappa shape index (κ1) is 18.7. The fraction of sp³-hybridized carbons (Fsp3) is 0.909. The summed E-state index contributed by atoms with van der Waals surface area (Å²) in [5.41, 5.74) is 1.03. The molecule has 0 heterocycles. The van der Waals surface area contributed by atoms with Crippen molar-refractivity contribution < 1.29 is 13.3 Å². The largest absolute Gasteiger partial charge is 0.408 e. The summed E-state index contributed by atoms with van der Waals surface area (Å²) in [5, 5.41) is 0. The second-order valence-electron chi connectivity index (χ2n) is 7.62. The standard InChI is InChI=1S/C11H31O3Si4/c1-16(2,3)12-10(13-17(4,5)6)11(15)14-18(7,8)9/h10H,1-9,15H3. The zero-order chi connectivity index (χ0) is 14.8. The summed E-state index contributed by atoms with van der Waals surface area (Å²) in [5.74, 6) is 0. The Kier molecular flexibility index (Phi) is 6.73. The van der Waals surface area contributed by atoms with Crippen LogP contribution in [0, 0.1) is 5.73 Å². The van der Waals surface area contributed by atoms with Crippen LogP contribution in [0.2, 0.25) is 58.9 Å². The molecule has 0 bridgehead atoms. The van der Waals surface area contributed by atoms with Crippen molar-refractivity contribution in [3.8, 4) is 0 Å². The highest BCUT2D eigenvalue weighted by molar-refractivity contribution is 6.71. The molecule has 0 N–H and O–H groups in total. The molecule has 0 aromatic rings. The molecule has 0 aliphatic carbocycles. The minimum absolute atomic E-state index is 0.235. The third-order valence-electron chi connectivity index (χ3n) is 1.72. The van der Waals surface area contributed by atoms with E-state index >= 15 is 0 Å². The van der Waals surface area contributed by atoms with Gasteiger partial charge in [0.2, 0.25) is 0 Å². The Hall–Kier alpha value is 0.748.